The van der Waals surface area contributed by atoms with E-state index in [-0.39, 0.29) is 17.8 Å². The van der Waals surface area contributed by atoms with Crippen LogP contribution in [-0.2, 0) is 19.4 Å². The lowest BCUT2D eigenvalue weighted by Gasteiger charge is -2.33. The summed E-state index contributed by atoms with van der Waals surface area (Å²) in [5.41, 5.74) is 6.73. The number of aryl methyl sites for hydroxylation is 1. The van der Waals surface area contributed by atoms with Gasteiger partial charge in [-0.1, -0.05) is 49.4 Å². The molecule has 1 aliphatic carbocycles. The van der Waals surface area contributed by atoms with Crippen molar-refractivity contribution < 1.29 is 9.18 Å². The maximum absolute atomic E-state index is 13.2. The number of amides is 1. The van der Waals surface area contributed by atoms with Crippen LogP contribution in [0.2, 0.25) is 0 Å². The van der Waals surface area contributed by atoms with Gasteiger partial charge >= 0.3 is 0 Å². The highest BCUT2D eigenvalue weighted by Crippen LogP contribution is 2.27. The van der Waals surface area contributed by atoms with E-state index in [1.54, 1.807) is 12.1 Å². The number of nitrogens with zero attached hydrogens (tertiary/aromatic N) is 2. The van der Waals surface area contributed by atoms with Gasteiger partial charge in [-0.2, -0.15) is 0 Å². The lowest BCUT2D eigenvalue weighted by molar-refractivity contribution is 0.0719. The molecule has 0 N–H and O–H groups in total. The second-order valence-electron chi connectivity index (χ2n) is 8.83. The Morgan fingerprint density at radius 2 is 1.59 bits per heavy atom. The highest BCUT2D eigenvalue weighted by molar-refractivity contribution is 5.94. The van der Waals surface area contributed by atoms with Crippen LogP contribution in [0.5, 0.6) is 0 Å². The van der Waals surface area contributed by atoms with Crippen LogP contribution in [0.1, 0.15) is 40.4 Å². The predicted molar refractivity (Wildman–Crippen MR) is 128 cm³/mol. The van der Waals surface area contributed by atoms with Gasteiger partial charge in [-0.25, -0.2) is 4.39 Å². The van der Waals surface area contributed by atoms with Crippen LogP contribution in [0.4, 0.5) is 4.39 Å². The summed E-state index contributed by atoms with van der Waals surface area (Å²) in [6.45, 7) is 4.18. The summed E-state index contributed by atoms with van der Waals surface area (Å²) < 4.78 is 13.2. The maximum atomic E-state index is 13.2. The standard InChI is InChI=1S/C28H31FN2O/c1-4-30(2)19-20-5-6-25-18-27(16-13-24(25)17-20)31(3)28(32)23-9-7-21(8-10-23)22-11-14-26(29)15-12-22/h5-12,14-15,17,27H,4,13,16,18-19H2,1-3H3. The lowest BCUT2D eigenvalue weighted by Crippen LogP contribution is -2.40. The average Bonchev–Trinajstić information content (AvgIpc) is 2.83. The summed E-state index contributed by atoms with van der Waals surface area (Å²) >= 11 is 0. The summed E-state index contributed by atoms with van der Waals surface area (Å²) in [6, 6.07) is 21.0. The molecule has 3 aromatic carbocycles. The smallest absolute Gasteiger partial charge is 0.253 e. The van der Waals surface area contributed by atoms with Crippen LogP contribution in [0.15, 0.2) is 66.7 Å². The molecule has 1 aliphatic rings. The zero-order valence-corrected chi connectivity index (χ0v) is 19.1. The topological polar surface area (TPSA) is 23.6 Å². The van der Waals surface area contributed by atoms with E-state index < -0.39 is 0 Å². The van der Waals surface area contributed by atoms with Crippen LogP contribution < -0.4 is 0 Å². The van der Waals surface area contributed by atoms with Gasteiger partial charge in [-0.05, 0) is 84.9 Å². The minimum Gasteiger partial charge on any atom is -0.338 e. The fourth-order valence-electron chi connectivity index (χ4n) is 4.46. The van der Waals surface area contributed by atoms with Gasteiger partial charge in [0, 0.05) is 25.2 Å². The summed E-state index contributed by atoms with van der Waals surface area (Å²) in [7, 11) is 4.05. The van der Waals surface area contributed by atoms with Gasteiger partial charge in [0.15, 0.2) is 0 Å². The molecule has 0 aliphatic heterocycles. The quantitative estimate of drug-likeness (QED) is 0.510. The van der Waals surface area contributed by atoms with Gasteiger partial charge < -0.3 is 9.80 Å². The van der Waals surface area contributed by atoms with Crippen LogP contribution in [0.25, 0.3) is 11.1 Å². The molecule has 0 radical (unpaired) electrons. The first-order chi connectivity index (χ1) is 15.4. The number of carbonyl (C=O) groups is 1. The number of benzene rings is 3. The largest absolute Gasteiger partial charge is 0.338 e. The summed E-state index contributed by atoms with van der Waals surface area (Å²) in [5, 5.41) is 0. The van der Waals surface area contributed by atoms with Gasteiger partial charge in [-0.3, -0.25) is 4.79 Å². The Hall–Kier alpha value is -2.98. The second-order valence-corrected chi connectivity index (χ2v) is 8.83. The molecule has 166 valence electrons. The predicted octanol–water partition coefficient (Wildman–Crippen LogP) is 5.57. The van der Waals surface area contributed by atoms with Crippen LogP contribution in [-0.4, -0.2) is 42.4 Å². The van der Waals surface area contributed by atoms with Crippen molar-refractivity contribution in [2.24, 2.45) is 0 Å². The Morgan fingerprint density at radius 3 is 2.25 bits per heavy atom. The Bertz CT molecular complexity index is 1080. The first kappa shape index (κ1) is 22.2. The molecule has 4 rings (SSSR count). The zero-order chi connectivity index (χ0) is 22.7. The molecular formula is C28H31FN2O. The van der Waals surface area contributed by atoms with E-state index in [9.17, 15) is 9.18 Å². The molecule has 0 heterocycles. The van der Waals surface area contributed by atoms with Crippen molar-refractivity contribution in [3.8, 4) is 11.1 Å². The minimum absolute atomic E-state index is 0.0466. The highest BCUT2D eigenvalue weighted by atomic mass is 19.1. The molecular weight excluding hydrogens is 399 g/mol. The average molecular weight is 431 g/mol. The van der Waals surface area contributed by atoms with Crippen molar-refractivity contribution in [1.29, 1.82) is 0 Å². The van der Waals surface area contributed by atoms with Gasteiger partial charge in [0.2, 0.25) is 0 Å². The van der Waals surface area contributed by atoms with Crippen molar-refractivity contribution in [2.75, 3.05) is 20.6 Å². The molecule has 0 spiro atoms. The van der Waals surface area contributed by atoms with E-state index in [0.29, 0.717) is 5.56 Å². The fourth-order valence-corrected chi connectivity index (χ4v) is 4.46. The van der Waals surface area contributed by atoms with E-state index >= 15 is 0 Å². The Balaban J connectivity index is 1.43. The number of fused-ring (bicyclic) bond motifs is 1. The lowest BCUT2D eigenvalue weighted by atomic mass is 9.86. The Morgan fingerprint density at radius 1 is 0.938 bits per heavy atom. The van der Waals surface area contributed by atoms with Crippen LogP contribution >= 0.6 is 0 Å². The van der Waals surface area contributed by atoms with Crippen molar-refractivity contribution in [1.82, 2.24) is 9.80 Å². The molecule has 1 amide bonds. The van der Waals surface area contributed by atoms with Crippen molar-refractivity contribution in [2.45, 2.75) is 38.8 Å². The van der Waals surface area contributed by atoms with Gasteiger partial charge in [0.25, 0.3) is 5.91 Å². The molecule has 1 unspecified atom stereocenters. The molecule has 0 saturated carbocycles. The summed E-state index contributed by atoms with van der Waals surface area (Å²) in [5.74, 6) is -0.203. The highest BCUT2D eigenvalue weighted by Gasteiger charge is 2.26. The first-order valence-electron chi connectivity index (χ1n) is 11.4. The van der Waals surface area contributed by atoms with E-state index in [0.717, 1.165) is 43.5 Å². The molecule has 0 aromatic heterocycles. The second kappa shape index (κ2) is 9.66. The van der Waals surface area contributed by atoms with Crippen molar-refractivity contribution in [3.05, 3.63) is 94.8 Å². The van der Waals surface area contributed by atoms with E-state index in [1.807, 2.05) is 36.2 Å². The molecule has 0 saturated heterocycles. The third-order valence-electron chi connectivity index (χ3n) is 6.64. The van der Waals surface area contributed by atoms with Crippen molar-refractivity contribution >= 4 is 5.91 Å². The van der Waals surface area contributed by atoms with Crippen molar-refractivity contribution in [3.63, 3.8) is 0 Å². The molecule has 0 fully saturated rings. The number of likely N-dealkylation sites (N-methyl/N-ethyl adjacent to an activating group) is 1. The Kier molecular flexibility index (Phi) is 6.71. The van der Waals surface area contributed by atoms with Crippen LogP contribution in [0.3, 0.4) is 0 Å². The fraction of sp³-hybridized carbons (Fsp3) is 0.321. The summed E-state index contributed by atoms with van der Waals surface area (Å²) in [4.78, 5) is 17.3. The van der Waals surface area contributed by atoms with E-state index in [4.69, 9.17) is 0 Å². The van der Waals surface area contributed by atoms with Gasteiger partial charge in [0.05, 0.1) is 0 Å². The number of rotatable bonds is 6. The monoisotopic (exact) mass is 430 g/mol. The molecule has 32 heavy (non-hydrogen) atoms. The Labute approximate surface area is 190 Å². The number of halogens is 1. The number of carbonyl (C=O) groups excluding carboxylic acids is 1. The zero-order valence-electron chi connectivity index (χ0n) is 19.1. The third-order valence-corrected chi connectivity index (χ3v) is 6.64. The van der Waals surface area contributed by atoms with Gasteiger partial charge in [0.1, 0.15) is 5.82 Å². The normalized spacial score (nSPS) is 15.5. The minimum atomic E-state index is -0.249. The maximum Gasteiger partial charge on any atom is 0.253 e. The summed E-state index contributed by atoms with van der Waals surface area (Å²) in [6.07, 6.45) is 2.88. The van der Waals surface area contributed by atoms with E-state index in [1.165, 1.54) is 28.8 Å². The van der Waals surface area contributed by atoms with Crippen LogP contribution in [0, 0.1) is 5.82 Å². The third kappa shape index (κ3) is 4.91. The molecule has 3 nitrogen and oxygen atoms in total. The molecule has 4 heteroatoms. The van der Waals surface area contributed by atoms with Gasteiger partial charge in [-0.15, -0.1) is 0 Å². The SMILES string of the molecule is CCN(C)Cc1ccc2c(c1)CCC(N(C)C(=O)c1ccc(-c3ccc(F)cc3)cc1)C2. The molecule has 3 aromatic rings. The van der Waals surface area contributed by atoms with E-state index in [2.05, 4.69) is 37.1 Å². The first-order valence-corrected chi connectivity index (χ1v) is 11.4. The number of hydrogen-bond acceptors (Lipinski definition) is 2. The molecule has 1 atom stereocenters. The number of hydrogen-bond donors (Lipinski definition) is 0. The molecule has 0 bridgehead atoms.